The normalized spacial score (nSPS) is 10.8. The summed E-state index contributed by atoms with van der Waals surface area (Å²) in [6.45, 7) is 4.96. The summed E-state index contributed by atoms with van der Waals surface area (Å²) in [5.74, 6) is 0.473. The predicted molar refractivity (Wildman–Crippen MR) is 73.7 cm³/mol. The molecule has 2 rings (SSSR count). The van der Waals surface area contributed by atoms with E-state index in [1.807, 2.05) is 17.5 Å². The number of hydrogen-bond donors (Lipinski definition) is 2. The molecule has 0 aliphatic heterocycles. The lowest BCUT2D eigenvalue weighted by atomic mass is 10.1. The van der Waals surface area contributed by atoms with Crippen LogP contribution in [0.25, 0.3) is 10.6 Å². The Hall–Kier alpha value is -1.62. The summed E-state index contributed by atoms with van der Waals surface area (Å²) in [6, 6.07) is 5.76. The number of thiophene rings is 1. The molecule has 0 spiro atoms. The molecule has 2 aromatic heterocycles. The second kappa shape index (κ2) is 5.82. The third kappa shape index (κ3) is 3.20. The summed E-state index contributed by atoms with van der Waals surface area (Å²) in [6.07, 6.45) is 0.980. The standard InChI is InChI=1S/C13H17N3OS/c1-9(2)5-6-14-13(17)11-8-10(15-16-11)12-4-3-7-18-12/h3-4,7-9H,5-6H2,1-2H3,(H,14,17)(H,15,16). The predicted octanol–water partition coefficient (Wildman–Crippen LogP) is 2.91. The maximum Gasteiger partial charge on any atom is 0.271 e. The summed E-state index contributed by atoms with van der Waals surface area (Å²) >= 11 is 1.62. The minimum Gasteiger partial charge on any atom is -0.351 e. The number of carbonyl (C=O) groups is 1. The number of nitrogens with one attached hydrogen (secondary N) is 2. The van der Waals surface area contributed by atoms with Crippen molar-refractivity contribution in [3.8, 4) is 10.6 Å². The molecule has 1 amide bonds. The van der Waals surface area contributed by atoms with Gasteiger partial charge in [0.1, 0.15) is 0 Å². The van der Waals surface area contributed by atoms with Crippen LogP contribution in [0.2, 0.25) is 0 Å². The Labute approximate surface area is 110 Å². The SMILES string of the molecule is CC(C)CCNC(=O)c1cc(-c2cccs2)[nH]n1. The van der Waals surface area contributed by atoms with E-state index in [4.69, 9.17) is 0 Å². The Morgan fingerprint density at radius 1 is 1.56 bits per heavy atom. The summed E-state index contributed by atoms with van der Waals surface area (Å²) in [4.78, 5) is 12.9. The quantitative estimate of drug-likeness (QED) is 0.871. The topological polar surface area (TPSA) is 57.8 Å². The molecule has 0 aromatic carbocycles. The van der Waals surface area contributed by atoms with E-state index in [-0.39, 0.29) is 5.91 Å². The monoisotopic (exact) mass is 263 g/mol. The van der Waals surface area contributed by atoms with Crippen molar-refractivity contribution in [1.29, 1.82) is 0 Å². The minimum absolute atomic E-state index is 0.116. The van der Waals surface area contributed by atoms with Crippen molar-refractivity contribution in [2.45, 2.75) is 20.3 Å². The van der Waals surface area contributed by atoms with E-state index in [1.165, 1.54) is 0 Å². The largest absolute Gasteiger partial charge is 0.351 e. The molecule has 0 bridgehead atoms. The fourth-order valence-corrected chi connectivity index (χ4v) is 2.25. The lowest BCUT2D eigenvalue weighted by molar-refractivity contribution is 0.0947. The molecule has 2 N–H and O–H groups in total. The first-order chi connectivity index (χ1) is 8.66. The zero-order chi connectivity index (χ0) is 13.0. The third-order valence-electron chi connectivity index (χ3n) is 2.60. The number of amides is 1. The van der Waals surface area contributed by atoms with Crippen LogP contribution in [0.3, 0.4) is 0 Å². The zero-order valence-electron chi connectivity index (χ0n) is 10.6. The van der Waals surface area contributed by atoms with E-state index in [2.05, 4.69) is 29.4 Å². The van der Waals surface area contributed by atoms with Crippen LogP contribution in [0, 0.1) is 5.92 Å². The van der Waals surface area contributed by atoms with E-state index in [0.717, 1.165) is 17.0 Å². The van der Waals surface area contributed by atoms with Crippen molar-refractivity contribution in [2.24, 2.45) is 5.92 Å². The molecule has 4 nitrogen and oxygen atoms in total. The van der Waals surface area contributed by atoms with Crippen LogP contribution >= 0.6 is 11.3 Å². The van der Waals surface area contributed by atoms with Gasteiger partial charge in [-0.05, 0) is 29.9 Å². The molecule has 5 heteroatoms. The van der Waals surface area contributed by atoms with Crippen molar-refractivity contribution in [2.75, 3.05) is 6.54 Å². The number of hydrogen-bond acceptors (Lipinski definition) is 3. The number of nitrogens with zero attached hydrogens (tertiary/aromatic N) is 1. The lowest BCUT2D eigenvalue weighted by Crippen LogP contribution is -2.25. The van der Waals surface area contributed by atoms with Crippen molar-refractivity contribution in [1.82, 2.24) is 15.5 Å². The van der Waals surface area contributed by atoms with E-state index < -0.39 is 0 Å². The first kappa shape index (κ1) is 12.8. The highest BCUT2D eigenvalue weighted by molar-refractivity contribution is 7.13. The van der Waals surface area contributed by atoms with Crippen molar-refractivity contribution in [3.05, 3.63) is 29.3 Å². The first-order valence-corrected chi connectivity index (χ1v) is 6.92. The molecule has 0 fully saturated rings. The summed E-state index contributed by atoms with van der Waals surface area (Å²) in [5, 5.41) is 11.8. The number of carbonyl (C=O) groups excluding carboxylic acids is 1. The van der Waals surface area contributed by atoms with Gasteiger partial charge in [-0.15, -0.1) is 11.3 Å². The molecule has 18 heavy (non-hydrogen) atoms. The Bertz CT molecular complexity index is 502. The molecule has 0 unspecified atom stereocenters. The molecule has 0 atom stereocenters. The van der Waals surface area contributed by atoms with Crippen molar-refractivity contribution >= 4 is 17.2 Å². The van der Waals surface area contributed by atoms with Crippen LogP contribution in [0.4, 0.5) is 0 Å². The van der Waals surface area contributed by atoms with Crippen LogP contribution in [-0.2, 0) is 0 Å². The minimum atomic E-state index is -0.116. The average molecular weight is 263 g/mol. The van der Waals surface area contributed by atoms with Gasteiger partial charge < -0.3 is 5.32 Å². The Balaban J connectivity index is 1.95. The maximum atomic E-state index is 11.8. The van der Waals surface area contributed by atoms with Gasteiger partial charge in [-0.25, -0.2) is 0 Å². The van der Waals surface area contributed by atoms with E-state index in [1.54, 1.807) is 17.4 Å². The average Bonchev–Trinajstić information content (AvgIpc) is 2.99. The van der Waals surface area contributed by atoms with Gasteiger partial charge in [0.05, 0.1) is 10.6 Å². The molecule has 0 saturated heterocycles. The van der Waals surface area contributed by atoms with Crippen molar-refractivity contribution < 1.29 is 4.79 Å². The summed E-state index contributed by atoms with van der Waals surface area (Å²) in [7, 11) is 0. The van der Waals surface area contributed by atoms with E-state index in [9.17, 15) is 4.79 Å². The Morgan fingerprint density at radius 3 is 3.06 bits per heavy atom. The van der Waals surface area contributed by atoms with Crippen LogP contribution in [-0.4, -0.2) is 22.6 Å². The van der Waals surface area contributed by atoms with Gasteiger partial charge in [-0.3, -0.25) is 9.89 Å². The zero-order valence-corrected chi connectivity index (χ0v) is 11.4. The highest BCUT2D eigenvalue weighted by Crippen LogP contribution is 2.22. The third-order valence-corrected chi connectivity index (χ3v) is 3.51. The van der Waals surface area contributed by atoms with Gasteiger partial charge in [-0.2, -0.15) is 5.10 Å². The molecular formula is C13H17N3OS. The fraction of sp³-hybridized carbons (Fsp3) is 0.385. The van der Waals surface area contributed by atoms with Gasteiger partial charge in [-0.1, -0.05) is 19.9 Å². The van der Waals surface area contributed by atoms with Gasteiger partial charge in [0.25, 0.3) is 5.91 Å². The van der Waals surface area contributed by atoms with Crippen molar-refractivity contribution in [3.63, 3.8) is 0 Å². The van der Waals surface area contributed by atoms with Gasteiger partial charge in [0, 0.05) is 6.54 Å². The number of aromatic amines is 1. The van der Waals surface area contributed by atoms with Crippen LogP contribution < -0.4 is 5.32 Å². The number of aromatic nitrogens is 2. The Kier molecular flexibility index (Phi) is 4.15. The second-order valence-corrected chi connectivity index (χ2v) is 5.53. The molecule has 0 aliphatic carbocycles. The molecule has 96 valence electrons. The maximum absolute atomic E-state index is 11.8. The second-order valence-electron chi connectivity index (χ2n) is 4.58. The van der Waals surface area contributed by atoms with Gasteiger partial charge >= 0.3 is 0 Å². The molecule has 0 aliphatic rings. The van der Waals surface area contributed by atoms with Gasteiger partial charge in [0.15, 0.2) is 5.69 Å². The van der Waals surface area contributed by atoms with Crippen LogP contribution in [0.1, 0.15) is 30.8 Å². The lowest BCUT2D eigenvalue weighted by Gasteiger charge is -2.04. The van der Waals surface area contributed by atoms with E-state index >= 15 is 0 Å². The molecule has 0 saturated carbocycles. The smallest absolute Gasteiger partial charge is 0.271 e. The number of H-pyrrole nitrogens is 1. The van der Waals surface area contributed by atoms with Crippen LogP contribution in [0.5, 0.6) is 0 Å². The molecular weight excluding hydrogens is 246 g/mol. The molecule has 0 radical (unpaired) electrons. The van der Waals surface area contributed by atoms with Gasteiger partial charge in [0.2, 0.25) is 0 Å². The van der Waals surface area contributed by atoms with Crippen LogP contribution in [0.15, 0.2) is 23.6 Å². The summed E-state index contributed by atoms with van der Waals surface area (Å²) in [5.41, 5.74) is 1.33. The first-order valence-electron chi connectivity index (χ1n) is 6.04. The highest BCUT2D eigenvalue weighted by Gasteiger charge is 2.11. The fourth-order valence-electron chi connectivity index (χ4n) is 1.56. The molecule has 2 aromatic rings. The number of rotatable bonds is 5. The Morgan fingerprint density at radius 2 is 2.39 bits per heavy atom. The molecule has 2 heterocycles. The summed E-state index contributed by atoms with van der Waals surface area (Å²) < 4.78 is 0. The van der Waals surface area contributed by atoms with E-state index in [0.29, 0.717) is 18.2 Å². The highest BCUT2D eigenvalue weighted by atomic mass is 32.1.